The summed E-state index contributed by atoms with van der Waals surface area (Å²) < 4.78 is 5.41. The molecule has 0 fully saturated rings. The molecule has 1 unspecified atom stereocenters. The molecule has 0 aromatic heterocycles. The summed E-state index contributed by atoms with van der Waals surface area (Å²) in [7, 11) is 1.66. The Morgan fingerprint density at radius 3 is 2.62 bits per heavy atom. The van der Waals surface area contributed by atoms with E-state index in [1.807, 2.05) is 24.3 Å². The summed E-state index contributed by atoms with van der Waals surface area (Å²) in [5.74, 6) is 6.61. The van der Waals surface area contributed by atoms with E-state index in [9.17, 15) is 0 Å². The Labute approximate surface area is 131 Å². The summed E-state index contributed by atoms with van der Waals surface area (Å²) in [6.07, 6.45) is 1.69. The summed E-state index contributed by atoms with van der Waals surface area (Å²) in [5, 5.41) is 0.699. The second-order valence-electron chi connectivity index (χ2n) is 4.93. The van der Waals surface area contributed by atoms with Gasteiger partial charge in [-0.1, -0.05) is 42.8 Å². The summed E-state index contributed by atoms with van der Waals surface area (Å²) >= 11 is 6.10. The Kier molecular flexibility index (Phi) is 5.62. The standard InChI is InChI=1S/C17H21ClN2O/c1-3-12-6-4-5-7-15(12)16(20-19)11-13-10-14(18)8-9-17(13)21-2/h4-10,16,20H,3,11,19H2,1-2H3. The number of aryl methyl sites for hydroxylation is 1. The van der Waals surface area contributed by atoms with Crippen molar-refractivity contribution >= 4 is 11.6 Å². The first-order valence-electron chi connectivity index (χ1n) is 7.06. The van der Waals surface area contributed by atoms with Gasteiger partial charge in [-0.15, -0.1) is 0 Å². The number of nitrogens with two attached hydrogens (primary N) is 1. The van der Waals surface area contributed by atoms with E-state index in [0.717, 1.165) is 24.2 Å². The van der Waals surface area contributed by atoms with Crippen LogP contribution in [0, 0.1) is 0 Å². The lowest BCUT2D eigenvalue weighted by atomic mass is 9.94. The Morgan fingerprint density at radius 1 is 1.19 bits per heavy atom. The Balaban J connectivity index is 2.33. The SMILES string of the molecule is CCc1ccccc1C(Cc1cc(Cl)ccc1OC)NN. The average molecular weight is 305 g/mol. The predicted molar refractivity (Wildman–Crippen MR) is 87.6 cm³/mol. The quantitative estimate of drug-likeness (QED) is 0.632. The number of halogens is 1. The fourth-order valence-corrected chi connectivity index (χ4v) is 2.78. The number of benzene rings is 2. The van der Waals surface area contributed by atoms with Crippen molar-refractivity contribution in [1.29, 1.82) is 0 Å². The van der Waals surface area contributed by atoms with E-state index in [0.29, 0.717) is 5.02 Å². The van der Waals surface area contributed by atoms with Gasteiger partial charge in [0.25, 0.3) is 0 Å². The van der Waals surface area contributed by atoms with Crippen LogP contribution in [0.2, 0.25) is 5.02 Å². The van der Waals surface area contributed by atoms with Gasteiger partial charge in [0, 0.05) is 5.02 Å². The molecule has 0 bridgehead atoms. The minimum atomic E-state index is 0.0218. The third-order valence-corrected chi connectivity index (χ3v) is 3.91. The molecule has 0 aliphatic rings. The zero-order valence-corrected chi connectivity index (χ0v) is 13.2. The highest BCUT2D eigenvalue weighted by atomic mass is 35.5. The lowest BCUT2D eigenvalue weighted by molar-refractivity contribution is 0.405. The number of methoxy groups -OCH3 is 1. The molecule has 0 amide bonds. The fraction of sp³-hybridized carbons (Fsp3) is 0.294. The maximum Gasteiger partial charge on any atom is 0.122 e. The van der Waals surface area contributed by atoms with E-state index in [4.69, 9.17) is 22.2 Å². The normalized spacial score (nSPS) is 12.2. The molecule has 2 rings (SSSR count). The predicted octanol–water partition coefficient (Wildman–Crippen LogP) is 3.66. The van der Waals surface area contributed by atoms with E-state index in [2.05, 4.69) is 30.5 Å². The van der Waals surface area contributed by atoms with Gasteiger partial charge in [-0.25, -0.2) is 0 Å². The number of ether oxygens (including phenoxy) is 1. The van der Waals surface area contributed by atoms with Gasteiger partial charge in [-0.2, -0.15) is 0 Å². The van der Waals surface area contributed by atoms with Gasteiger partial charge >= 0.3 is 0 Å². The summed E-state index contributed by atoms with van der Waals surface area (Å²) in [6, 6.07) is 14.0. The zero-order chi connectivity index (χ0) is 15.2. The van der Waals surface area contributed by atoms with Gasteiger partial charge in [0.2, 0.25) is 0 Å². The first-order valence-corrected chi connectivity index (χ1v) is 7.43. The molecule has 0 aliphatic heterocycles. The van der Waals surface area contributed by atoms with Crippen molar-refractivity contribution in [1.82, 2.24) is 5.43 Å². The second kappa shape index (κ2) is 7.46. The van der Waals surface area contributed by atoms with E-state index >= 15 is 0 Å². The summed E-state index contributed by atoms with van der Waals surface area (Å²) in [4.78, 5) is 0. The first-order chi connectivity index (χ1) is 10.2. The molecular weight excluding hydrogens is 284 g/mol. The topological polar surface area (TPSA) is 47.3 Å². The lowest BCUT2D eigenvalue weighted by Crippen LogP contribution is -2.30. The Bertz CT molecular complexity index is 601. The smallest absolute Gasteiger partial charge is 0.122 e. The molecule has 0 spiro atoms. The molecule has 0 heterocycles. The van der Waals surface area contributed by atoms with Gasteiger partial charge in [0.05, 0.1) is 13.2 Å². The van der Waals surface area contributed by atoms with Gasteiger partial charge < -0.3 is 4.74 Å². The second-order valence-corrected chi connectivity index (χ2v) is 5.37. The largest absolute Gasteiger partial charge is 0.496 e. The third kappa shape index (κ3) is 3.76. The summed E-state index contributed by atoms with van der Waals surface area (Å²) in [6.45, 7) is 2.15. The van der Waals surface area contributed by atoms with Crippen LogP contribution < -0.4 is 16.0 Å². The van der Waals surface area contributed by atoms with E-state index in [1.165, 1.54) is 11.1 Å². The number of rotatable bonds is 6. The van der Waals surface area contributed by atoms with Crippen molar-refractivity contribution in [3.8, 4) is 5.75 Å². The molecule has 112 valence electrons. The van der Waals surface area contributed by atoms with Crippen LogP contribution in [0.15, 0.2) is 42.5 Å². The molecule has 2 aromatic carbocycles. The minimum Gasteiger partial charge on any atom is -0.496 e. The molecule has 2 aromatic rings. The van der Waals surface area contributed by atoms with Crippen LogP contribution in [0.1, 0.15) is 29.7 Å². The van der Waals surface area contributed by atoms with Crippen molar-refractivity contribution in [3.63, 3.8) is 0 Å². The summed E-state index contributed by atoms with van der Waals surface area (Å²) in [5.41, 5.74) is 6.46. The van der Waals surface area contributed by atoms with Gasteiger partial charge in [0.1, 0.15) is 5.75 Å². The monoisotopic (exact) mass is 304 g/mol. The molecule has 0 saturated carbocycles. The molecule has 0 aliphatic carbocycles. The fourth-order valence-electron chi connectivity index (χ4n) is 2.58. The number of hydrogen-bond donors (Lipinski definition) is 2. The average Bonchev–Trinajstić information content (AvgIpc) is 2.52. The van der Waals surface area contributed by atoms with Crippen LogP contribution in [0.3, 0.4) is 0 Å². The Hall–Kier alpha value is -1.55. The van der Waals surface area contributed by atoms with Gasteiger partial charge in [-0.3, -0.25) is 11.3 Å². The first kappa shape index (κ1) is 15.8. The maximum absolute atomic E-state index is 6.10. The lowest BCUT2D eigenvalue weighted by Gasteiger charge is -2.20. The highest BCUT2D eigenvalue weighted by Gasteiger charge is 2.16. The Morgan fingerprint density at radius 2 is 1.95 bits per heavy atom. The van der Waals surface area contributed by atoms with Crippen molar-refractivity contribution in [2.75, 3.05) is 7.11 Å². The number of hydrazine groups is 1. The van der Waals surface area contributed by atoms with E-state index < -0.39 is 0 Å². The van der Waals surface area contributed by atoms with E-state index in [1.54, 1.807) is 7.11 Å². The van der Waals surface area contributed by atoms with Crippen molar-refractivity contribution in [2.24, 2.45) is 5.84 Å². The van der Waals surface area contributed by atoms with Crippen LogP contribution >= 0.6 is 11.6 Å². The zero-order valence-electron chi connectivity index (χ0n) is 12.4. The number of nitrogens with one attached hydrogen (secondary N) is 1. The molecule has 0 radical (unpaired) electrons. The van der Waals surface area contributed by atoms with Crippen LogP contribution in [-0.2, 0) is 12.8 Å². The van der Waals surface area contributed by atoms with Crippen LogP contribution in [0.25, 0.3) is 0 Å². The van der Waals surface area contributed by atoms with Crippen molar-refractivity contribution in [2.45, 2.75) is 25.8 Å². The van der Waals surface area contributed by atoms with Crippen LogP contribution in [0.5, 0.6) is 5.75 Å². The highest BCUT2D eigenvalue weighted by molar-refractivity contribution is 6.30. The minimum absolute atomic E-state index is 0.0218. The maximum atomic E-state index is 6.10. The molecule has 3 N–H and O–H groups in total. The molecule has 0 saturated heterocycles. The molecule has 1 atom stereocenters. The third-order valence-electron chi connectivity index (χ3n) is 3.68. The van der Waals surface area contributed by atoms with Crippen LogP contribution in [0.4, 0.5) is 0 Å². The molecule has 3 nitrogen and oxygen atoms in total. The number of hydrogen-bond acceptors (Lipinski definition) is 3. The van der Waals surface area contributed by atoms with Crippen molar-refractivity contribution < 1.29 is 4.74 Å². The highest BCUT2D eigenvalue weighted by Crippen LogP contribution is 2.28. The molecular formula is C17H21ClN2O. The van der Waals surface area contributed by atoms with E-state index in [-0.39, 0.29) is 6.04 Å². The van der Waals surface area contributed by atoms with Crippen LogP contribution in [-0.4, -0.2) is 7.11 Å². The molecule has 21 heavy (non-hydrogen) atoms. The van der Waals surface area contributed by atoms with Crippen molar-refractivity contribution in [3.05, 3.63) is 64.2 Å². The van der Waals surface area contributed by atoms with Gasteiger partial charge in [0.15, 0.2) is 0 Å². The molecule has 4 heteroatoms. The van der Waals surface area contributed by atoms with Gasteiger partial charge in [-0.05, 0) is 47.7 Å².